The van der Waals surface area contributed by atoms with Crippen LogP contribution in [0.5, 0.6) is 0 Å². The van der Waals surface area contributed by atoms with Crippen LogP contribution in [0.15, 0.2) is 51.7 Å². The lowest BCUT2D eigenvalue weighted by atomic mass is 10.1. The zero-order valence-electron chi connectivity index (χ0n) is 13.4. The molecule has 128 valence electrons. The molecule has 1 atom stereocenters. The Labute approximate surface area is 157 Å². The molecule has 1 heterocycles. The number of aromatic nitrogens is 2. The van der Waals surface area contributed by atoms with Crippen LogP contribution in [0.1, 0.15) is 22.8 Å². The Morgan fingerprint density at radius 3 is 2.64 bits per heavy atom. The number of amides is 1. The maximum Gasteiger partial charge on any atom is 0.259 e. The van der Waals surface area contributed by atoms with Crippen LogP contribution >= 0.6 is 28.1 Å². The maximum atomic E-state index is 12.5. The third-order valence-electron chi connectivity index (χ3n) is 3.83. The third kappa shape index (κ3) is 4.24. The number of nitrogens with one attached hydrogen (secondary N) is 3. The van der Waals surface area contributed by atoms with Gasteiger partial charge in [-0.2, -0.15) is 0 Å². The molecule has 25 heavy (non-hydrogen) atoms. The van der Waals surface area contributed by atoms with Crippen LogP contribution in [-0.2, 0) is 6.42 Å². The van der Waals surface area contributed by atoms with E-state index in [1.807, 2.05) is 31.2 Å². The number of halogens is 1. The van der Waals surface area contributed by atoms with Crippen molar-refractivity contribution >= 4 is 45.0 Å². The molecule has 2 aromatic carbocycles. The molecule has 0 bridgehead atoms. The van der Waals surface area contributed by atoms with Crippen LogP contribution in [0.4, 0.5) is 0 Å². The highest BCUT2D eigenvalue weighted by Crippen LogP contribution is 2.13. The number of H-pyrrole nitrogens is 2. The number of fused-ring (bicyclic) bond motifs is 1. The van der Waals surface area contributed by atoms with Crippen LogP contribution in [0, 0.1) is 4.77 Å². The average Bonchev–Trinajstić information content (AvgIpc) is 2.56. The molecule has 7 heteroatoms. The van der Waals surface area contributed by atoms with Crippen LogP contribution < -0.4 is 10.9 Å². The Balaban J connectivity index is 1.76. The zero-order valence-corrected chi connectivity index (χ0v) is 15.8. The summed E-state index contributed by atoms with van der Waals surface area (Å²) >= 11 is 8.38. The fourth-order valence-corrected chi connectivity index (χ4v) is 3.11. The first kappa shape index (κ1) is 17.6. The van der Waals surface area contributed by atoms with Crippen molar-refractivity contribution in [1.82, 2.24) is 15.3 Å². The summed E-state index contributed by atoms with van der Waals surface area (Å²) in [4.78, 5) is 29.7. The summed E-state index contributed by atoms with van der Waals surface area (Å²) < 4.78 is 1.26. The second-order valence-corrected chi connectivity index (χ2v) is 7.20. The van der Waals surface area contributed by atoms with Gasteiger partial charge in [0.15, 0.2) is 4.77 Å². The molecule has 0 radical (unpaired) electrons. The molecule has 0 aliphatic carbocycles. The van der Waals surface area contributed by atoms with Gasteiger partial charge in [0.1, 0.15) is 0 Å². The van der Waals surface area contributed by atoms with Crippen molar-refractivity contribution in [2.75, 3.05) is 0 Å². The molecule has 1 aromatic heterocycles. The van der Waals surface area contributed by atoms with E-state index in [4.69, 9.17) is 12.2 Å². The highest BCUT2D eigenvalue weighted by atomic mass is 79.9. The van der Waals surface area contributed by atoms with Gasteiger partial charge in [0.25, 0.3) is 11.5 Å². The molecule has 3 N–H and O–H groups in total. The number of aromatic amines is 2. The van der Waals surface area contributed by atoms with Gasteiger partial charge in [0, 0.05) is 16.1 Å². The summed E-state index contributed by atoms with van der Waals surface area (Å²) in [5.41, 5.74) is 1.90. The Kier molecular flexibility index (Phi) is 5.15. The van der Waals surface area contributed by atoms with Crippen LogP contribution in [-0.4, -0.2) is 21.9 Å². The molecular formula is C18H16BrN3O2S. The van der Waals surface area contributed by atoms with Gasteiger partial charge in [-0.05, 0) is 61.5 Å². The van der Waals surface area contributed by atoms with E-state index in [1.165, 1.54) is 0 Å². The highest BCUT2D eigenvalue weighted by molar-refractivity contribution is 9.10. The summed E-state index contributed by atoms with van der Waals surface area (Å²) in [6.07, 6.45) is 0.731. The minimum Gasteiger partial charge on any atom is -0.349 e. The molecule has 0 saturated carbocycles. The van der Waals surface area contributed by atoms with Crippen molar-refractivity contribution in [3.05, 3.63) is 73.2 Å². The van der Waals surface area contributed by atoms with Crippen molar-refractivity contribution in [2.45, 2.75) is 19.4 Å². The van der Waals surface area contributed by atoms with Gasteiger partial charge < -0.3 is 10.3 Å². The molecule has 1 amide bonds. The van der Waals surface area contributed by atoms with E-state index in [-0.39, 0.29) is 22.3 Å². The average molecular weight is 418 g/mol. The SMILES string of the molecule is C[C@H](Cc1ccc(Br)cc1)NC(=O)c1ccc2c(=O)[nH]c(=S)[nH]c2c1. The van der Waals surface area contributed by atoms with Gasteiger partial charge in [0.2, 0.25) is 0 Å². The zero-order chi connectivity index (χ0) is 18.0. The molecule has 0 aliphatic heterocycles. The molecule has 0 aliphatic rings. The molecule has 3 aromatic rings. The molecular weight excluding hydrogens is 402 g/mol. The molecule has 0 unspecified atom stereocenters. The van der Waals surface area contributed by atoms with Crippen molar-refractivity contribution in [2.24, 2.45) is 0 Å². The monoisotopic (exact) mass is 417 g/mol. The molecule has 3 rings (SSSR count). The fraction of sp³-hybridized carbons (Fsp3) is 0.167. The highest BCUT2D eigenvalue weighted by Gasteiger charge is 2.12. The van der Waals surface area contributed by atoms with Gasteiger partial charge >= 0.3 is 0 Å². The lowest BCUT2D eigenvalue weighted by Gasteiger charge is -2.14. The van der Waals surface area contributed by atoms with Gasteiger partial charge in [-0.1, -0.05) is 28.1 Å². The van der Waals surface area contributed by atoms with Crippen LogP contribution in [0.25, 0.3) is 10.9 Å². The third-order valence-corrected chi connectivity index (χ3v) is 4.57. The van der Waals surface area contributed by atoms with Gasteiger partial charge in [-0.3, -0.25) is 14.6 Å². The summed E-state index contributed by atoms with van der Waals surface area (Å²) in [7, 11) is 0. The first-order valence-corrected chi connectivity index (χ1v) is 8.94. The quantitative estimate of drug-likeness (QED) is 0.566. The predicted octanol–water partition coefficient (Wildman–Crippen LogP) is 3.71. The summed E-state index contributed by atoms with van der Waals surface area (Å²) in [5.74, 6) is -0.189. The number of hydrogen-bond donors (Lipinski definition) is 3. The first-order valence-electron chi connectivity index (χ1n) is 7.74. The standard InChI is InChI=1S/C18H16BrN3O2S/c1-10(8-11-2-5-13(19)6-3-11)20-16(23)12-4-7-14-15(9-12)21-18(25)22-17(14)24/h2-7,9-10H,8H2,1H3,(H,20,23)(H2,21,22,24,25)/t10-/m1/s1. The summed E-state index contributed by atoms with van der Waals surface area (Å²) in [6.45, 7) is 1.96. The number of rotatable bonds is 4. The van der Waals surface area contributed by atoms with Crippen LogP contribution in [0.3, 0.4) is 0 Å². The minimum absolute atomic E-state index is 0.0259. The Morgan fingerprint density at radius 2 is 1.92 bits per heavy atom. The Morgan fingerprint density at radius 1 is 1.20 bits per heavy atom. The van der Waals surface area contributed by atoms with Crippen LogP contribution in [0.2, 0.25) is 0 Å². The summed E-state index contributed by atoms with van der Waals surface area (Å²) in [6, 6.07) is 12.9. The predicted molar refractivity (Wildman–Crippen MR) is 105 cm³/mol. The number of benzene rings is 2. The van der Waals surface area contributed by atoms with Crippen molar-refractivity contribution < 1.29 is 4.79 Å². The maximum absolute atomic E-state index is 12.5. The topological polar surface area (TPSA) is 77.8 Å². The smallest absolute Gasteiger partial charge is 0.259 e. The molecule has 0 spiro atoms. The molecule has 0 fully saturated rings. The van der Waals surface area contributed by atoms with E-state index in [0.29, 0.717) is 16.5 Å². The lowest BCUT2D eigenvalue weighted by Crippen LogP contribution is -2.34. The van der Waals surface area contributed by atoms with Gasteiger partial charge in [-0.15, -0.1) is 0 Å². The first-order chi connectivity index (χ1) is 11.9. The number of hydrogen-bond acceptors (Lipinski definition) is 3. The molecule has 0 saturated heterocycles. The second kappa shape index (κ2) is 7.33. The largest absolute Gasteiger partial charge is 0.349 e. The fourth-order valence-electron chi connectivity index (χ4n) is 2.64. The van der Waals surface area contributed by atoms with Crippen molar-refractivity contribution in [3.63, 3.8) is 0 Å². The molecule has 5 nitrogen and oxygen atoms in total. The second-order valence-electron chi connectivity index (χ2n) is 5.87. The van der Waals surface area contributed by atoms with E-state index < -0.39 is 0 Å². The lowest BCUT2D eigenvalue weighted by molar-refractivity contribution is 0.0940. The Bertz CT molecular complexity index is 1040. The van der Waals surface area contributed by atoms with E-state index >= 15 is 0 Å². The van der Waals surface area contributed by atoms with Gasteiger partial charge in [0.05, 0.1) is 10.9 Å². The number of carbonyl (C=O) groups is 1. The van der Waals surface area contributed by atoms with Crippen molar-refractivity contribution in [3.8, 4) is 0 Å². The van der Waals surface area contributed by atoms with Gasteiger partial charge in [-0.25, -0.2) is 0 Å². The summed E-state index contributed by atoms with van der Waals surface area (Å²) in [5, 5.41) is 3.44. The van der Waals surface area contributed by atoms with E-state index in [0.717, 1.165) is 16.5 Å². The van der Waals surface area contributed by atoms with Crippen molar-refractivity contribution in [1.29, 1.82) is 0 Å². The Hall–Kier alpha value is -2.25. The van der Waals surface area contributed by atoms with E-state index in [1.54, 1.807) is 18.2 Å². The van der Waals surface area contributed by atoms with E-state index in [2.05, 4.69) is 31.2 Å². The minimum atomic E-state index is -0.269. The normalized spacial score (nSPS) is 12.1. The van der Waals surface area contributed by atoms with E-state index in [9.17, 15) is 9.59 Å². The number of carbonyl (C=O) groups excluding carboxylic acids is 1.